The fraction of sp³-hybridized carbons (Fsp3) is 0.294. The van der Waals surface area contributed by atoms with Gasteiger partial charge in [0.1, 0.15) is 0 Å². The lowest BCUT2D eigenvalue weighted by atomic mass is 9.94. The average Bonchev–Trinajstić information content (AvgIpc) is 2.48. The molecule has 1 heterocycles. The molecule has 21 heavy (non-hydrogen) atoms. The fourth-order valence-electron chi connectivity index (χ4n) is 2.63. The SMILES string of the molecule is Cc1c(N)ccc(/N=C2/C=C3CCCN=C3C=C2N)c1C. The van der Waals surface area contributed by atoms with Crippen LogP contribution in [0.2, 0.25) is 0 Å². The summed E-state index contributed by atoms with van der Waals surface area (Å²) >= 11 is 0. The second kappa shape index (κ2) is 5.20. The molecule has 4 nitrogen and oxygen atoms in total. The van der Waals surface area contributed by atoms with Gasteiger partial charge in [-0.2, -0.15) is 0 Å². The van der Waals surface area contributed by atoms with Gasteiger partial charge in [0.05, 0.1) is 22.8 Å². The Kier molecular flexibility index (Phi) is 3.37. The summed E-state index contributed by atoms with van der Waals surface area (Å²) in [5.41, 5.74) is 19.7. The van der Waals surface area contributed by atoms with E-state index in [1.807, 2.05) is 32.1 Å². The first-order valence-corrected chi connectivity index (χ1v) is 7.23. The Balaban J connectivity index is 2.05. The van der Waals surface area contributed by atoms with Crippen molar-refractivity contribution in [3.8, 4) is 0 Å². The molecule has 1 aliphatic carbocycles. The van der Waals surface area contributed by atoms with E-state index in [4.69, 9.17) is 16.5 Å². The van der Waals surface area contributed by atoms with Gasteiger partial charge in [0, 0.05) is 12.2 Å². The molecule has 0 amide bonds. The highest BCUT2D eigenvalue weighted by atomic mass is 14.8. The van der Waals surface area contributed by atoms with Crippen LogP contribution in [0.3, 0.4) is 0 Å². The Hall–Kier alpha value is -2.36. The second-order valence-corrected chi connectivity index (χ2v) is 5.56. The molecule has 1 aromatic carbocycles. The predicted octanol–water partition coefficient (Wildman–Crippen LogP) is 2.98. The zero-order chi connectivity index (χ0) is 15.0. The van der Waals surface area contributed by atoms with E-state index in [2.05, 4.69) is 11.1 Å². The predicted molar refractivity (Wildman–Crippen MR) is 89.3 cm³/mol. The van der Waals surface area contributed by atoms with E-state index in [1.54, 1.807) is 0 Å². The molecule has 3 rings (SSSR count). The van der Waals surface area contributed by atoms with Crippen LogP contribution in [0.5, 0.6) is 0 Å². The first-order valence-electron chi connectivity index (χ1n) is 7.23. The van der Waals surface area contributed by atoms with Gasteiger partial charge in [-0.25, -0.2) is 4.99 Å². The minimum atomic E-state index is 0.674. The topological polar surface area (TPSA) is 76.8 Å². The summed E-state index contributed by atoms with van der Waals surface area (Å²) in [7, 11) is 0. The second-order valence-electron chi connectivity index (χ2n) is 5.56. The van der Waals surface area contributed by atoms with Gasteiger partial charge < -0.3 is 11.5 Å². The molecule has 108 valence electrons. The summed E-state index contributed by atoms with van der Waals surface area (Å²) < 4.78 is 0. The number of hydrogen-bond acceptors (Lipinski definition) is 4. The van der Waals surface area contributed by atoms with Crippen LogP contribution >= 0.6 is 0 Å². The maximum absolute atomic E-state index is 6.13. The molecule has 0 unspecified atom stereocenters. The minimum absolute atomic E-state index is 0.674. The normalized spacial score (nSPS) is 19.7. The number of hydrogen-bond donors (Lipinski definition) is 2. The van der Waals surface area contributed by atoms with E-state index in [1.165, 1.54) is 5.57 Å². The number of fused-ring (bicyclic) bond motifs is 1. The van der Waals surface area contributed by atoms with E-state index in [0.29, 0.717) is 5.70 Å². The first kappa shape index (κ1) is 13.6. The lowest BCUT2D eigenvalue weighted by Gasteiger charge is -2.19. The van der Waals surface area contributed by atoms with Gasteiger partial charge in [0.15, 0.2) is 0 Å². The Morgan fingerprint density at radius 3 is 2.71 bits per heavy atom. The van der Waals surface area contributed by atoms with Crippen molar-refractivity contribution in [2.75, 3.05) is 12.3 Å². The zero-order valence-electron chi connectivity index (χ0n) is 12.5. The molecule has 0 saturated heterocycles. The third kappa shape index (κ3) is 2.49. The van der Waals surface area contributed by atoms with E-state index >= 15 is 0 Å². The summed E-state index contributed by atoms with van der Waals surface area (Å²) in [5, 5.41) is 0. The van der Waals surface area contributed by atoms with Crippen LogP contribution in [0.15, 0.2) is 45.5 Å². The van der Waals surface area contributed by atoms with E-state index < -0.39 is 0 Å². The number of aliphatic imine (C=N–C) groups is 2. The van der Waals surface area contributed by atoms with Crippen LogP contribution in [-0.4, -0.2) is 18.0 Å². The smallest absolute Gasteiger partial charge is 0.0870 e. The Bertz CT molecular complexity index is 721. The molecule has 1 aromatic rings. The van der Waals surface area contributed by atoms with E-state index in [0.717, 1.165) is 53.3 Å². The molecular formula is C17H20N4. The van der Waals surface area contributed by atoms with Gasteiger partial charge in [0.25, 0.3) is 0 Å². The van der Waals surface area contributed by atoms with Gasteiger partial charge >= 0.3 is 0 Å². The number of nitrogens with two attached hydrogens (primary N) is 2. The molecule has 0 saturated carbocycles. The molecule has 0 bridgehead atoms. The Morgan fingerprint density at radius 2 is 1.90 bits per heavy atom. The van der Waals surface area contributed by atoms with Gasteiger partial charge in [-0.05, 0) is 67.7 Å². The Morgan fingerprint density at radius 1 is 1.10 bits per heavy atom. The van der Waals surface area contributed by atoms with Crippen LogP contribution in [0, 0.1) is 13.8 Å². The maximum Gasteiger partial charge on any atom is 0.0870 e. The highest BCUT2D eigenvalue weighted by Gasteiger charge is 2.18. The lowest BCUT2D eigenvalue weighted by Crippen LogP contribution is -2.21. The van der Waals surface area contributed by atoms with Crippen LogP contribution < -0.4 is 11.5 Å². The summed E-state index contributed by atoms with van der Waals surface area (Å²) in [6.45, 7) is 4.94. The van der Waals surface area contributed by atoms with Crippen LogP contribution in [-0.2, 0) is 0 Å². The molecule has 1 aliphatic heterocycles. The highest BCUT2D eigenvalue weighted by molar-refractivity contribution is 6.24. The monoisotopic (exact) mass is 280 g/mol. The molecule has 0 aromatic heterocycles. The summed E-state index contributed by atoms with van der Waals surface area (Å²) in [4.78, 5) is 9.24. The summed E-state index contributed by atoms with van der Waals surface area (Å²) in [5.74, 6) is 0. The van der Waals surface area contributed by atoms with Crippen LogP contribution in [0.4, 0.5) is 11.4 Å². The number of benzene rings is 1. The largest absolute Gasteiger partial charge is 0.399 e. The van der Waals surface area contributed by atoms with E-state index in [9.17, 15) is 0 Å². The summed E-state index contributed by atoms with van der Waals surface area (Å²) in [6.07, 6.45) is 6.14. The number of nitrogens with zero attached hydrogens (tertiary/aromatic N) is 2. The standard InChI is InChI=1S/C17H20N4/c1-10-11(2)15(6-5-13(10)18)21-17-8-12-4-3-7-20-16(12)9-14(17)19/h5-6,8-9H,3-4,7,18-19H2,1-2H3/b21-17-. The minimum Gasteiger partial charge on any atom is -0.399 e. The van der Waals surface area contributed by atoms with Crippen molar-refractivity contribution in [2.45, 2.75) is 26.7 Å². The molecular weight excluding hydrogens is 260 g/mol. The third-order valence-electron chi connectivity index (χ3n) is 4.16. The van der Waals surface area contributed by atoms with Crippen molar-refractivity contribution >= 4 is 22.8 Å². The lowest BCUT2D eigenvalue weighted by molar-refractivity contribution is 0.816. The molecule has 0 radical (unpaired) electrons. The van der Waals surface area contributed by atoms with Crippen LogP contribution in [0.25, 0.3) is 0 Å². The third-order valence-corrected chi connectivity index (χ3v) is 4.16. The highest BCUT2D eigenvalue weighted by Crippen LogP contribution is 2.28. The van der Waals surface area contributed by atoms with Crippen molar-refractivity contribution in [3.63, 3.8) is 0 Å². The average molecular weight is 280 g/mol. The molecule has 4 heteroatoms. The Labute approximate surface area is 125 Å². The number of anilines is 1. The van der Waals surface area contributed by atoms with Crippen LogP contribution in [0.1, 0.15) is 24.0 Å². The zero-order valence-corrected chi connectivity index (χ0v) is 12.5. The van der Waals surface area contributed by atoms with Crippen molar-refractivity contribution in [1.29, 1.82) is 0 Å². The van der Waals surface area contributed by atoms with Gasteiger partial charge in [-0.3, -0.25) is 4.99 Å². The molecule has 0 fully saturated rings. The van der Waals surface area contributed by atoms with E-state index in [-0.39, 0.29) is 0 Å². The quantitative estimate of drug-likeness (QED) is 0.613. The molecule has 4 N–H and O–H groups in total. The number of rotatable bonds is 1. The van der Waals surface area contributed by atoms with Crippen molar-refractivity contribution in [2.24, 2.45) is 15.7 Å². The van der Waals surface area contributed by atoms with Gasteiger partial charge in [0.2, 0.25) is 0 Å². The van der Waals surface area contributed by atoms with Crippen molar-refractivity contribution in [3.05, 3.63) is 46.7 Å². The van der Waals surface area contributed by atoms with Crippen molar-refractivity contribution in [1.82, 2.24) is 0 Å². The maximum atomic E-state index is 6.13. The van der Waals surface area contributed by atoms with Crippen molar-refractivity contribution < 1.29 is 0 Å². The number of nitrogen functional groups attached to an aromatic ring is 1. The van der Waals surface area contributed by atoms with Gasteiger partial charge in [-0.1, -0.05) is 0 Å². The summed E-state index contributed by atoms with van der Waals surface area (Å²) in [6, 6.07) is 3.84. The molecule has 0 atom stereocenters. The molecule has 0 spiro atoms. The number of allylic oxidation sites excluding steroid dienone is 3. The molecule has 2 aliphatic rings. The van der Waals surface area contributed by atoms with Gasteiger partial charge in [-0.15, -0.1) is 0 Å². The fourth-order valence-corrected chi connectivity index (χ4v) is 2.63. The first-order chi connectivity index (χ1) is 10.1.